The molecule has 0 bridgehead atoms. The lowest BCUT2D eigenvalue weighted by atomic mass is 9.93. The molecule has 0 radical (unpaired) electrons. The van der Waals surface area contributed by atoms with E-state index in [4.69, 9.17) is 4.74 Å². The maximum atomic E-state index is 5.08. The Kier molecular flexibility index (Phi) is 5.74. The van der Waals surface area contributed by atoms with Crippen LogP contribution in [0.2, 0.25) is 0 Å². The van der Waals surface area contributed by atoms with Gasteiger partial charge in [0, 0.05) is 51.2 Å². The van der Waals surface area contributed by atoms with E-state index in [0.29, 0.717) is 18.6 Å². The van der Waals surface area contributed by atoms with E-state index in [0.717, 1.165) is 23.9 Å². The topological polar surface area (TPSA) is 41.5 Å². The van der Waals surface area contributed by atoms with Gasteiger partial charge in [-0.3, -0.25) is 0 Å². The zero-order chi connectivity index (χ0) is 14.5. The van der Waals surface area contributed by atoms with E-state index in [1.54, 1.807) is 7.11 Å². The molecule has 2 rings (SSSR count). The largest absolute Gasteiger partial charge is 0.384 e. The molecule has 1 aromatic rings. The Hall–Kier alpha value is -0.720. The van der Waals surface area contributed by atoms with E-state index in [2.05, 4.69) is 40.1 Å². The molecular formula is C14H26N4OS. The van der Waals surface area contributed by atoms with Crippen molar-refractivity contribution in [2.75, 3.05) is 45.3 Å². The normalized spacial score (nSPS) is 24.0. The summed E-state index contributed by atoms with van der Waals surface area (Å²) in [5.41, 5.74) is 0. The van der Waals surface area contributed by atoms with E-state index in [-0.39, 0.29) is 0 Å². The average molecular weight is 298 g/mol. The van der Waals surface area contributed by atoms with Crippen molar-refractivity contribution in [3.63, 3.8) is 0 Å². The Morgan fingerprint density at radius 2 is 2.30 bits per heavy atom. The molecule has 5 nitrogen and oxygen atoms in total. The number of rotatable bonds is 6. The molecule has 0 spiro atoms. The fourth-order valence-corrected chi connectivity index (χ4v) is 3.64. The molecule has 1 aliphatic heterocycles. The minimum Gasteiger partial charge on any atom is -0.384 e. The lowest BCUT2D eigenvalue weighted by Gasteiger charge is -2.40. The Balaban J connectivity index is 1.96. The first-order valence-corrected chi connectivity index (χ1v) is 8.19. The molecule has 114 valence electrons. The van der Waals surface area contributed by atoms with Crippen molar-refractivity contribution in [3.05, 3.63) is 5.82 Å². The van der Waals surface area contributed by atoms with Gasteiger partial charge in [0.2, 0.25) is 5.13 Å². The Morgan fingerprint density at radius 3 is 2.95 bits per heavy atom. The summed E-state index contributed by atoms with van der Waals surface area (Å²) in [6, 6.07) is 0.570. The molecule has 20 heavy (non-hydrogen) atoms. The van der Waals surface area contributed by atoms with E-state index in [9.17, 15) is 0 Å². The number of piperidine rings is 1. The SMILES string of the molecule is CCN1CCC(N(C)c2nc(CCOC)ns2)C(C)C1. The summed E-state index contributed by atoms with van der Waals surface area (Å²) < 4.78 is 9.50. The van der Waals surface area contributed by atoms with Gasteiger partial charge in [0.15, 0.2) is 0 Å². The van der Waals surface area contributed by atoms with Crippen LogP contribution in [0.3, 0.4) is 0 Å². The second-order valence-corrected chi connectivity index (χ2v) is 6.30. The highest BCUT2D eigenvalue weighted by Crippen LogP contribution is 2.27. The van der Waals surface area contributed by atoms with Crippen molar-refractivity contribution in [1.29, 1.82) is 0 Å². The smallest absolute Gasteiger partial charge is 0.205 e. The Labute approximate surface area is 126 Å². The second-order valence-electron chi connectivity index (χ2n) is 5.57. The van der Waals surface area contributed by atoms with E-state index >= 15 is 0 Å². The first kappa shape index (κ1) is 15.7. The molecule has 2 atom stereocenters. The molecular weight excluding hydrogens is 272 g/mol. The van der Waals surface area contributed by atoms with Crippen LogP contribution in [0.25, 0.3) is 0 Å². The molecule has 2 unspecified atom stereocenters. The maximum Gasteiger partial charge on any atom is 0.205 e. The quantitative estimate of drug-likeness (QED) is 0.802. The van der Waals surface area contributed by atoms with Gasteiger partial charge in [0.1, 0.15) is 5.82 Å². The van der Waals surface area contributed by atoms with Crippen LogP contribution in [-0.4, -0.2) is 60.7 Å². The zero-order valence-electron chi connectivity index (χ0n) is 13.0. The van der Waals surface area contributed by atoms with Gasteiger partial charge in [-0.2, -0.15) is 4.37 Å². The van der Waals surface area contributed by atoms with Crippen LogP contribution < -0.4 is 4.90 Å². The van der Waals surface area contributed by atoms with Crippen LogP contribution in [0, 0.1) is 5.92 Å². The van der Waals surface area contributed by atoms with Crippen molar-refractivity contribution >= 4 is 16.7 Å². The third-order valence-electron chi connectivity index (χ3n) is 4.18. The number of methoxy groups -OCH3 is 1. The van der Waals surface area contributed by atoms with Crippen LogP contribution in [0.15, 0.2) is 0 Å². The summed E-state index contributed by atoms with van der Waals surface area (Å²) in [5.74, 6) is 1.57. The first-order chi connectivity index (χ1) is 9.65. The predicted molar refractivity (Wildman–Crippen MR) is 83.6 cm³/mol. The number of aromatic nitrogens is 2. The standard InChI is InChI=1S/C14H26N4OS/c1-5-18-8-6-12(11(2)10-18)17(3)14-15-13(16-20-14)7-9-19-4/h11-12H,5-10H2,1-4H3. The summed E-state index contributed by atoms with van der Waals surface area (Å²) in [6.45, 7) is 8.79. The summed E-state index contributed by atoms with van der Waals surface area (Å²) >= 11 is 1.51. The van der Waals surface area contributed by atoms with Crippen molar-refractivity contribution in [2.45, 2.75) is 32.7 Å². The molecule has 0 saturated carbocycles. The van der Waals surface area contributed by atoms with Crippen LogP contribution >= 0.6 is 11.5 Å². The van der Waals surface area contributed by atoms with Gasteiger partial charge in [-0.15, -0.1) is 0 Å². The van der Waals surface area contributed by atoms with Gasteiger partial charge in [-0.1, -0.05) is 13.8 Å². The lowest BCUT2D eigenvalue weighted by molar-refractivity contribution is 0.169. The zero-order valence-corrected chi connectivity index (χ0v) is 13.8. The van der Waals surface area contributed by atoms with Gasteiger partial charge in [0.25, 0.3) is 0 Å². The van der Waals surface area contributed by atoms with Crippen molar-refractivity contribution in [2.24, 2.45) is 5.92 Å². The van der Waals surface area contributed by atoms with E-state index in [1.807, 2.05) is 0 Å². The number of hydrogen-bond donors (Lipinski definition) is 0. The highest BCUT2D eigenvalue weighted by molar-refractivity contribution is 7.09. The highest BCUT2D eigenvalue weighted by Gasteiger charge is 2.29. The first-order valence-electron chi connectivity index (χ1n) is 7.42. The van der Waals surface area contributed by atoms with Crippen molar-refractivity contribution in [3.8, 4) is 0 Å². The summed E-state index contributed by atoms with van der Waals surface area (Å²) in [4.78, 5) is 9.49. The minimum atomic E-state index is 0.570. The van der Waals surface area contributed by atoms with Crippen LogP contribution in [0.5, 0.6) is 0 Å². The molecule has 1 fully saturated rings. The average Bonchev–Trinajstić information content (AvgIpc) is 2.93. The number of anilines is 1. The number of ether oxygens (including phenoxy) is 1. The lowest BCUT2D eigenvalue weighted by Crippen LogP contribution is -2.49. The summed E-state index contributed by atoms with van der Waals surface area (Å²) in [5, 5.41) is 1.04. The van der Waals surface area contributed by atoms with Gasteiger partial charge in [-0.05, 0) is 18.9 Å². The predicted octanol–water partition coefficient (Wildman–Crippen LogP) is 1.89. The third-order valence-corrected chi connectivity index (χ3v) is 5.02. The van der Waals surface area contributed by atoms with E-state index < -0.39 is 0 Å². The summed E-state index contributed by atoms with van der Waals surface area (Å²) in [6.07, 6.45) is 2.00. The fraction of sp³-hybridized carbons (Fsp3) is 0.857. The van der Waals surface area contributed by atoms with Crippen LogP contribution in [0.4, 0.5) is 5.13 Å². The molecule has 2 heterocycles. The van der Waals surface area contributed by atoms with Crippen LogP contribution in [-0.2, 0) is 11.2 Å². The number of likely N-dealkylation sites (tertiary alicyclic amines) is 1. The molecule has 0 aromatic carbocycles. The van der Waals surface area contributed by atoms with E-state index in [1.165, 1.54) is 31.0 Å². The van der Waals surface area contributed by atoms with Gasteiger partial charge in [-0.25, -0.2) is 4.98 Å². The molecule has 6 heteroatoms. The Bertz CT molecular complexity index is 412. The third kappa shape index (κ3) is 3.68. The van der Waals surface area contributed by atoms with Gasteiger partial charge < -0.3 is 14.5 Å². The monoisotopic (exact) mass is 298 g/mol. The highest BCUT2D eigenvalue weighted by atomic mass is 32.1. The van der Waals surface area contributed by atoms with Gasteiger partial charge in [0.05, 0.1) is 6.61 Å². The molecule has 0 aliphatic carbocycles. The second kappa shape index (κ2) is 7.33. The maximum absolute atomic E-state index is 5.08. The number of hydrogen-bond acceptors (Lipinski definition) is 6. The van der Waals surface area contributed by atoms with Crippen molar-refractivity contribution < 1.29 is 4.74 Å². The molecule has 0 amide bonds. The molecule has 1 aliphatic rings. The molecule has 1 aromatic heterocycles. The number of nitrogens with zero attached hydrogens (tertiary/aromatic N) is 4. The summed E-state index contributed by atoms with van der Waals surface area (Å²) in [7, 11) is 3.87. The van der Waals surface area contributed by atoms with Gasteiger partial charge >= 0.3 is 0 Å². The molecule has 0 N–H and O–H groups in total. The van der Waals surface area contributed by atoms with Crippen LogP contribution in [0.1, 0.15) is 26.1 Å². The van der Waals surface area contributed by atoms with Crippen molar-refractivity contribution in [1.82, 2.24) is 14.3 Å². The minimum absolute atomic E-state index is 0.570. The molecule has 1 saturated heterocycles. The fourth-order valence-electron chi connectivity index (χ4n) is 2.91. The Morgan fingerprint density at radius 1 is 1.50 bits per heavy atom.